The van der Waals surface area contributed by atoms with Gasteiger partial charge in [-0.25, -0.2) is 0 Å². The van der Waals surface area contributed by atoms with Gasteiger partial charge in [-0.1, -0.05) is 41.9 Å². The second kappa shape index (κ2) is 8.93. The molecule has 0 atom stereocenters. The highest BCUT2D eigenvalue weighted by atomic mass is 35.5. The fraction of sp³-hybridized carbons (Fsp3) is 0.273. The molecule has 1 aromatic heterocycles. The maximum Gasteiger partial charge on any atom is 0.257 e. The Morgan fingerprint density at radius 3 is 2.46 bits per heavy atom. The van der Waals surface area contributed by atoms with Crippen LogP contribution in [0.2, 0.25) is 5.02 Å². The molecule has 0 saturated heterocycles. The molecule has 0 bridgehead atoms. The number of ether oxygens (including phenoxy) is 1. The molecule has 3 rings (SSSR count). The molecule has 0 fully saturated rings. The van der Waals surface area contributed by atoms with Crippen molar-refractivity contribution in [2.75, 3.05) is 20.2 Å². The predicted molar refractivity (Wildman–Crippen MR) is 111 cm³/mol. The fourth-order valence-corrected chi connectivity index (χ4v) is 3.17. The molecule has 5 nitrogen and oxygen atoms in total. The van der Waals surface area contributed by atoms with E-state index in [0.29, 0.717) is 30.3 Å². The fourth-order valence-electron chi connectivity index (χ4n) is 3.04. The molecule has 28 heavy (non-hydrogen) atoms. The molecule has 0 saturated carbocycles. The van der Waals surface area contributed by atoms with Crippen LogP contribution in [-0.2, 0) is 6.54 Å². The average Bonchev–Trinajstić information content (AvgIpc) is 2.96. The highest BCUT2D eigenvalue weighted by molar-refractivity contribution is 6.30. The van der Waals surface area contributed by atoms with Crippen molar-refractivity contribution in [2.45, 2.75) is 20.4 Å². The molecular formula is C22H24ClN3O2. The van der Waals surface area contributed by atoms with Gasteiger partial charge >= 0.3 is 0 Å². The van der Waals surface area contributed by atoms with Crippen LogP contribution in [0.15, 0.2) is 54.6 Å². The third-order valence-corrected chi connectivity index (χ3v) is 4.88. The maximum absolute atomic E-state index is 12.9. The first-order valence-corrected chi connectivity index (χ1v) is 9.55. The van der Waals surface area contributed by atoms with Gasteiger partial charge in [-0.15, -0.1) is 0 Å². The maximum atomic E-state index is 12.9. The zero-order chi connectivity index (χ0) is 20.1. The summed E-state index contributed by atoms with van der Waals surface area (Å²) in [6, 6.07) is 17.3. The van der Waals surface area contributed by atoms with Gasteiger partial charge in [-0.2, -0.15) is 5.10 Å². The SMILES string of the molecule is Cc1nn(Cc2ccccc2)c(C)c1C(=O)N(C)CCOc1ccc(Cl)cc1. The van der Waals surface area contributed by atoms with Crippen molar-refractivity contribution >= 4 is 17.5 Å². The van der Waals surface area contributed by atoms with E-state index < -0.39 is 0 Å². The van der Waals surface area contributed by atoms with Gasteiger partial charge in [-0.05, 0) is 43.7 Å². The summed E-state index contributed by atoms with van der Waals surface area (Å²) in [4.78, 5) is 14.6. The summed E-state index contributed by atoms with van der Waals surface area (Å²) in [6.45, 7) is 5.34. The summed E-state index contributed by atoms with van der Waals surface area (Å²) in [5.41, 5.74) is 3.42. The number of carbonyl (C=O) groups excluding carboxylic acids is 1. The highest BCUT2D eigenvalue weighted by Gasteiger charge is 2.21. The van der Waals surface area contributed by atoms with E-state index in [1.54, 1.807) is 24.1 Å². The minimum atomic E-state index is -0.0472. The first-order chi connectivity index (χ1) is 13.5. The largest absolute Gasteiger partial charge is 0.492 e. The second-order valence-corrected chi connectivity index (χ2v) is 7.15. The van der Waals surface area contributed by atoms with E-state index in [1.165, 1.54) is 0 Å². The standard InChI is InChI=1S/C22H24ClN3O2/c1-16-21(17(2)26(24-16)15-18-7-5-4-6-8-18)22(27)25(3)13-14-28-20-11-9-19(23)10-12-20/h4-12H,13-15H2,1-3H3. The summed E-state index contributed by atoms with van der Waals surface area (Å²) >= 11 is 5.87. The molecule has 0 spiro atoms. The first-order valence-electron chi connectivity index (χ1n) is 9.17. The lowest BCUT2D eigenvalue weighted by Crippen LogP contribution is -2.31. The van der Waals surface area contributed by atoms with Gasteiger partial charge in [-0.3, -0.25) is 9.48 Å². The second-order valence-electron chi connectivity index (χ2n) is 6.72. The predicted octanol–water partition coefficient (Wildman–Crippen LogP) is 4.35. The van der Waals surface area contributed by atoms with Crippen LogP contribution in [0.5, 0.6) is 5.75 Å². The van der Waals surface area contributed by atoms with Gasteiger partial charge in [0.1, 0.15) is 12.4 Å². The number of benzene rings is 2. The Hall–Kier alpha value is -2.79. The number of aromatic nitrogens is 2. The number of carbonyl (C=O) groups is 1. The van der Waals surface area contributed by atoms with Crippen LogP contribution in [0, 0.1) is 13.8 Å². The van der Waals surface area contributed by atoms with Crippen molar-refractivity contribution in [3.8, 4) is 5.75 Å². The Labute approximate surface area is 170 Å². The number of rotatable bonds is 7. The smallest absolute Gasteiger partial charge is 0.257 e. The number of halogens is 1. The minimum absolute atomic E-state index is 0.0472. The van der Waals surface area contributed by atoms with E-state index in [0.717, 1.165) is 22.7 Å². The Kier molecular flexibility index (Phi) is 6.37. The molecule has 2 aromatic carbocycles. The van der Waals surface area contributed by atoms with Gasteiger partial charge in [0, 0.05) is 17.8 Å². The number of amides is 1. The Morgan fingerprint density at radius 1 is 1.11 bits per heavy atom. The van der Waals surface area contributed by atoms with E-state index >= 15 is 0 Å². The van der Waals surface area contributed by atoms with E-state index in [4.69, 9.17) is 16.3 Å². The summed E-state index contributed by atoms with van der Waals surface area (Å²) in [7, 11) is 1.78. The Bertz CT molecular complexity index is 936. The van der Waals surface area contributed by atoms with Crippen LogP contribution in [0.25, 0.3) is 0 Å². The molecule has 1 heterocycles. The van der Waals surface area contributed by atoms with Gasteiger partial charge < -0.3 is 9.64 Å². The monoisotopic (exact) mass is 397 g/mol. The zero-order valence-electron chi connectivity index (χ0n) is 16.4. The van der Waals surface area contributed by atoms with Crippen molar-refractivity contribution in [2.24, 2.45) is 0 Å². The number of likely N-dealkylation sites (N-methyl/N-ethyl adjacent to an activating group) is 1. The normalized spacial score (nSPS) is 10.7. The number of aryl methyl sites for hydroxylation is 1. The molecular weight excluding hydrogens is 374 g/mol. The summed E-state index contributed by atoms with van der Waals surface area (Å²) in [5, 5.41) is 5.24. The Balaban J connectivity index is 1.63. The molecule has 0 N–H and O–H groups in total. The molecule has 1 amide bonds. The number of nitrogens with zero attached hydrogens (tertiary/aromatic N) is 3. The van der Waals surface area contributed by atoms with Crippen molar-refractivity contribution in [3.05, 3.63) is 82.1 Å². The molecule has 0 aliphatic rings. The van der Waals surface area contributed by atoms with Crippen molar-refractivity contribution in [3.63, 3.8) is 0 Å². The molecule has 0 unspecified atom stereocenters. The van der Waals surface area contributed by atoms with Gasteiger partial charge in [0.25, 0.3) is 5.91 Å². The Morgan fingerprint density at radius 2 is 1.79 bits per heavy atom. The van der Waals surface area contributed by atoms with Crippen LogP contribution in [0.1, 0.15) is 27.3 Å². The van der Waals surface area contributed by atoms with Crippen molar-refractivity contribution in [1.82, 2.24) is 14.7 Å². The molecule has 0 radical (unpaired) electrons. The van der Waals surface area contributed by atoms with E-state index in [-0.39, 0.29) is 5.91 Å². The highest BCUT2D eigenvalue weighted by Crippen LogP contribution is 2.18. The van der Waals surface area contributed by atoms with E-state index in [2.05, 4.69) is 17.2 Å². The van der Waals surface area contributed by atoms with Crippen LogP contribution in [0.3, 0.4) is 0 Å². The van der Waals surface area contributed by atoms with E-state index in [1.807, 2.05) is 48.9 Å². The lowest BCUT2D eigenvalue weighted by molar-refractivity contribution is 0.0772. The average molecular weight is 398 g/mol. The molecule has 146 valence electrons. The molecule has 0 aliphatic heterocycles. The number of hydrogen-bond acceptors (Lipinski definition) is 3. The van der Waals surface area contributed by atoms with E-state index in [9.17, 15) is 4.79 Å². The minimum Gasteiger partial charge on any atom is -0.492 e. The molecule has 0 aliphatic carbocycles. The lowest BCUT2D eigenvalue weighted by Gasteiger charge is -2.18. The van der Waals surface area contributed by atoms with Gasteiger partial charge in [0.05, 0.1) is 24.3 Å². The third-order valence-electron chi connectivity index (χ3n) is 4.63. The van der Waals surface area contributed by atoms with Crippen LogP contribution in [0.4, 0.5) is 0 Å². The molecule has 6 heteroatoms. The van der Waals surface area contributed by atoms with Crippen molar-refractivity contribution < 1.29 is 9.53 Å². The molecule has 3 aromatic rings. The topological polar surface area (TPSA) is 47.4 Å². The first kappa shape index (κ1) is 20.0. The summed E-state index contributed by atoms with van der Waals surface area (Å²) < 4.78 is 7.57. The van der Waals surface area contributed by atoms with Crippen molar-refractivity contribution in [1.29, 1.82) is 0 Å². The zero-order valence-corrected chi connectivity index (χ0v) is 17.1. The van der Waals surface area contributed by atoms with Gasteiger partial charge in [0.15, 0.2) is 0 Å². The van der Waals surface area contributed by atoms with Crippen LogP contribution >= 0.6 is 11.6 Å². The quantitative estimate of drug-likeness (QED) is 0.595. The lowest BCUT2D eigenvalue weighted by atomic mass is 10.1. The third kappa shape index (κ3) is 4.73. The van der Waals surface area contributed by atoms with Gasteiger partial charge in [0.2, 0.25) is 0 Å². The van der Waals surface area contributed by atoms with Crippen LogP contribution < -0.4 is 4.74 Å². The van der Waals surface area contributed by atoms with Crippen LogP contribution in [-0.4, -0.2) is 40.8 Å². The summed E-state index contributed by atoms with van der Waals surface area (Å²) in [6.07, 6.45) is 0. The summed E-state index contributed by atoms with van der Waals surface area (Å²) in [5.74, 6) is 0.683. The number of hydrogen-bond donors (Lipinski definition) is 0.